The highest BCUT2D eigenvalue weighted by molar-refractivity contribution is 7.09. The maximum Gasteiger partial charge on any atom is 0.0897 e. The maximum atomic E-state index is 5.69. The lowest BCUT2D eigenvalue weighted by molar-refractivity contribution is -0.0133. The number of fused-ring (bicyclic) bond motifs is 1. The van der Waals surface area contributed by atoms with Crippen molar-refractivity contribution < 1.29 is 4.74 Å². The van der Waals surface area contributed by atoms with Gasteiger partial charge in [-0.3, -0.25) is 4.90 Å². The van der Waals surface area contributed by atoms with Crippen molar-refractivity contribution in [1.29, 1.82) is 0 Å². The normalized spacial score (nSPS) is 32.7. The molecule has 2 saturated heterocycles. The van der Waals surface area contributed by atoms with Crippen molar-refractivity contribution in [2.24, 2.45) is 5.92 Å². The van der Waals surface area contributed by atoms with E-state index in [4.69, 9.17) is 4.74 Å². The van der Waals surface area contributed by atoms with Gasteiger partial charge in [0.05, 0.1) is 16.8 Å². The predicted octanol–water partition coefficient (Wildman–Crippen LogP) is 1.60. The van der Waals surface area contributed by atoms with Crippen LogP contribution < -0.4 is 0 Å². The van der Waals surface area contributed by atoms with Crippen LogP contribution in [0.5, 0.6) is 0 Å². The Labute approximate surface area is 119 Å². The summed E-state index contributed by atoms with van der Waals surface area (Å²) in [5.41, 5.74) is 1.22. The van der Waals surface area contributed by atoms with Crippen molar-refractivity contribution in [3.63, 3.8) is 0 Å². The first-order chi connectivity index (χ1) is 9.17. The van der Waals surface area contributed by atoms with Crippen molar-refractivity contribution in [3.05, 3.63) is 16.1 Å². The zero-order valence-electron chi connectivity index (χ0n) is 12.0. The Morgan fingerprint density at radius 2 is 2.32 bits per heavy atom. The van der Waals surface area contributed by atoms with Crippen molar-refractivity contribution in [3.8, 4) is 0 Å². The molecule has 2 aliphatic heterocycles. The Hall–Kier alpha value is -0.490. The van der Waals surface area contributed by atoms with Crippen LogP contribution in [0.1, 0.15) is 17.1 Å². The van der Waals surface area contributed by atoms with Gasteiger partial charge in [0.25, 0.3) is 0 Å². The van der Waals surface area contributed by atoms with Gasteiger partial charge in [0.2, 0.25) is 0 Å². The van der Waals surface area contributed by atoms with E-state index in [-0.39, 0.29) is 0 Å². The van der Waals surface area contributed by atoms with Crippen LogP contribution in [-0.4, -0.2) is 60.7 Å². The van der Waals surface area contributed by atoms with E-state index < -0.39 is 0 Å². The molecule has 3 atom stereocenters. The molecule has 0 bridgehead atoms. The number of methoxy groups -OCH3 is 1. The molecule has 5 heteroatoms. The molecular formula is C14H23N3OS. The minimum Gasteiger partial charge on any atom is -0.381 e. The first kappa shape index (κ1) is 13.5. The van der Waals surface area contributed by atoms with E-state index in [1.807, 2.05) is 7.11 Å². The number of likely N-dealkylation sites (tertiary alicyclic amines) is 2. The lowest BCUT2D eigenvalue weighted by atomic mass is 9.89. The molecule has 3 rings (SSSR count). The molecule has 0 aromatic carbocycles. The fraction of sp³-hybridized carbons (Fsp3) is 0.786. The zero-order valence-corrected chi connectivity index (χ0v) is 12.8. The third-order valence-corrected chi connectivity index (χ3v) is 5.40. The summed E-state index contributed by atoms with van der Waals surface area (Å²) >= 11 is 1.75. The zero-order chi connectivity index (χ0) is 13.4. The molecule has 0 unspecified atom stereocenters. The van der Waals surface area contributed by atoms with E-state index in [0.717, 1.165) is 32.6 Å². The van der Waals surface area contributed by atoms with Crippen molar-refractivity contribution in [2.45, 2.75) is 32.0 Å². The highest BCUT2D eigenvalue weighted by Crippen LogP contribution is 2.32. The second-order valence-electron chi connectivity index (χ2n) is 5.83. The molecule has 19 heavy (non-hydrogen) atoms. The average molecular weight is 281 g/mol. The van der Waals surface area contributed by atoms with E-state index in [1.165, 1.54) is 10.7 Å². The van der Waals surface area contributed by atoms with E-state index in [1.54, 1.807) is 11.3 Å². The molecule has 0 saturated carbocycles. The van der Waals surface area contributed by atoms with Gasteiger partial charge in [0.1, 0.15) is 0 Å². The highest BCUT2D eigenvalue weighted by atomic mass is 32.1. The molecule has 3 heterocycles. The lowest BCUT2D eigenvalue weighted by Crippen LogP contribution is -2.49. The smallest absolute Gasteiger partial charge is 0.0897 e. The number of aryl methyl sites for hydroxylation is 1. The molecule has 0 radical (unpaired) electrons. The summed E-state index contributed by atoms with van der Waals surface area (Å²) in [6.07, 6.45) is 1.60. The number of likely N-dealkylation sites (N-methyl/N-ethyl adjacent to an activating group) is 1. The summed E-state index contributed by atoms with van der Waals surface area (Å²) in [4.78, 5) is 9.63. The van der Waals surface area contributed by atoms with Gasteiger partial charge in [-0.25, -0.2) is 4.98 Å². The van der Waals surface area contributed by atoms with E-state index in [9.17, 15) is 0 Å². The topological polar surface area (TPSA) is 28.6 Å². The second-order valence-corrected chi connectivity index (χ2v) is 6.89. The predicted molar refractivity (Wildman–Crippen MR) is 77.5 cm³/mol. The lowest BCUT2D eigenvalue weighted by Gasteiger charge is -2.38. The Morgan fingerprint density at radius 3 is 3.00 bits per heavy atom. The van der Waals surface area contributed by atoms with Crippen LogP contribution in [0.25, 0.3) is 0 Å². The van der Waals surface area contributed by atoms with Crippen LogP contribution >= 0.6 is 11.3 Å². The number of rotatable bonds is 3. The van der Waals surface area contributed by atoms with Gasteiger partial charge >= 0.3 is 0 Å². The molecule has 106 valence electrons. The molecule has 0 N–H and O–H groups in total. The molecule has 0 spiro atoms. The minimum absolute atomic E-state index is 0.434. The third-order valence-electron chi connectivity index (χ3n) is 4.57. The highest BCUT2D eigenvalue weighted by Gasteiger charge is 2.43. The van der Waals surface area contributed by atoms with Crippen LogP contribution in [0.4, 0.5) is 0 Å². The summed E-state index contributed by atoms with van der Waals surface area (Å²) in [6, 6.07) is 0.651. The maximum absolute atomic E-state index is 5.69. The molecule has 4 nitrogen and oxygen atoms in total. The molecule has 1 aromatic heterocycles. The SMILES string of the molecule is CO[C@@H]1CCN(C)[C@@H]2CN(Cc3csc(C)n3)C[C@@H]21. The number of hydrogen-bond acceptors (Lipinski definition) is 5. The van der Waals surface area contributed by atoms with Crippen molar-refractivity contribution in [2.75, 3.05) is 33.8 Å². The van der Waals surface area contributed by atoms with Gasteiger partial charge in [0, 0.05) is 50.6 Å². The largest absolute Gasteiger partial charge is 0.381 e. The molecule has 2 aliphatic rings. The summed E-state index contributed by atoms with van der Waals surface area (Å²) in [5, 5.41) is 3.35. The molecular weight excluding hydrogens is 258 g/mol. The van der Waals surface area contributed by atoms with Crippen LogP contribution in [-0.2, 0) is 11.3 Å². The molecule has 1 aromatic rings. The number of ether oxygens (including phenoxy) is 1. The van der Waals surface area contributed by atoms with Gasteiger partial charge in [-0.2, -0.15) is 0 Å². The van der Waals surface area contributed by atoms with Crippen LogP contribution in [0.2, 0.25) is 0 Å². The first-order valence-electron chi connectivity index (χ1n) is 7.03. The third kappa shape index (κ3) is 2.70. The van der Waals surface area contributed by atoms with Gasteiger partial charge in [-0.1, -0.05) is 0 Å². The van der Waals surface area contributed by atoms with Crippen LogP contribution in [0.15, 0.2) is 5.38 Å². The monoisotopic (exact) mass is 281 g/mol. The summed E-state index contributed by atoms with van der Waals surface area (Å²) in [7, 11) is 4.11. The van der Waals surface area contributed by atoms with Crippen LogP contribution in [0, 0.1) is 12.8 Å². The Balaban J connectivity index is 1.67. The van der Waals surface area contributed by atoms with Gasteiger partial charge in [-0.05, 0) is 20.4 Å². The van der Waals surface area contributed by atoms with Crippen LogP contribution in [0.3, 0.4) is 0 Å². The quantitative estimate of drug-likeness (QED) is 0.841. The van der Waals surface area contributed by atoms with E-state index in [0.29, 0.717) is 18.1 Å². The number of hydrogen-bond donors (Lipinski definition) is 0. The minimum atomic E-state index is 0.434. The first-order valence-corrected chi connectivity index (χ1v) is 7.91. The number of thiazole rings is 1. The number of aromatic nitrogens is 1. The summed E-state index contributed by atoms with van der Waals surface area (Å²) in [6.45, 7) is 6.51. The van der Waals surface area contributed by atoms with Crippen molar-refractivity contribution >= 4 is 11.3 Å². The Kier molecular flexibility index (Phi) is 3.89. The number of piperidine rings is 1. The van der Waals surface area contributed by atoms with Crippen molar-refractivity contribution in [1.82, 2.24) is 14.8 Å². The van der Waals surface area contributed by atoms with E-state index >= 15 is 0 Å². The average Bonchev–Trinajstić information content (AvgIpc) is 2.97. The summed E-state index contributed by atoms with van der Waals surface area (Å²) in [5.74, 6) is 0.656. The fourth-order valence-electron chi connectivity index (χ4n) is 3.57. The Morgan fingerprint density at radius 1 is 1.47 bits per heavy atom. The molecule has 2 fully saturated rings. The van der Waals surface area contributed by atoms with Gasteiger partial charge in [-0.15, -0.1) is 11.3 Å². The van der Waals surface area contributed by atoms with Gasteiger partial charge < -0.3 is 9.64 Å². The molecule has 0 amide bonds. The number of nitrogens with zero attached hydrogens (tertiary/aromatic N) is 3. The standard InChI is InChI=1S/C14H23N3OS/c1-10-15-11(9-19-10)6-17-7-12-13(8-17)16(2)5-4-14(12)18-3/h9,12-14H,4-8H2,1-3H3/t12-,13+,14+/m0/s1. The fourth-order valence-corrected chi connectivity index (χ4v) is 4.17. The summed E-state index contributed by atoms with van der Waals surface area (Å²) < 4.78 is 5.69. The van der Waals surface area contributed by atoms with E-state index in [2.05, 4.69) is 34.1 Å². The molecule has 0 aliphatic carbocycles. The Bertz CT molecular complexity index is 436. The van der Waals surface area contributed by atoms with Gasteiger partial charge in [0.15, 0.2) is 0 Å². The second kappa shape index (κ2) is 5.48.